The SMILES string of the molecule is CC(C)CN1C[C@H](OCc2cccc(F)c2)CN(C2CCN(C)CC2)CC1=O. The zero-order chi connectivity index (χ0) is 20.1. The summed E-state index contributed by atoms with van der Waals surface area (Å²) in [6.07, 6.45) is 2.11. The maximum atomic E-state index is 13.5. The third-order valence-electron chi connectivity index (χ3n) is 5.72. The number of hydrogen-bond donors (Lipinski definition) is 0. The lowest BCUT2D eigenvalue weighted by Gasteiger charge is -2.37. The second kappa shape index (κ2) is 9.81. The molecule has 6 heteroatoms. The average molecular weight is 392 g/mol. The molecule has 156 valence electrons. The minimum Gasteiger partial charge on any atom is -0.370 e. The lowest BCUT2D eigenvalue weighted by Crippen LogP contribution is -2.47. The molecule has 3 rings (SSSR count). The summed E-state index contributed by atoms with van der Waals surface area (Å²) in [6, 6.07) is 6.98. The van der Waals surface area contributed by atoms with Gasteiger partial charge in [0.2, 0.25) is 5.91 Å². The molecule has 0 saturated carbocycles. The standard InChI is InChI=1S/C22H34FN3O2/c1-17(2)12-26-14-21(28-16-18-5-4-6-19(23)11-18)13-25(15-22(26)27)20-7-9-24(3)10-8-20/h4-6,11,17,20-21H,7-10,12-16H2,1-3H3/t21-/m1/s1. The molecule has 1 amide bonds. The molecular weight excluding hydrogens is 357 g/mol. The van der Waals surface area contributed by atoms with E-state index in [1.807, 2.05) is 11.0 Å². The number of carbonyl (C=O) groups is 1. The Morgan fingerprint density at radius 3 is 2.64 bits per heavy atom. The first-order chi connectivity index (χ1) is 13.4. The highest BCUT2D eigenvalue weighted by molar-refractivity contribution is 5.78. The fourth-order valence-corrected chi connectivity index (χ4v) is 4.21. The van der Waals surface area contributed by atoms with Gasteiger partial charge in [0, 0.05) is 25.7 Å². The molecule has 1 aromatic carbocycles. The first kappa shape index (κ1) is 21.2. The van der Waals surface area contributed by atoms with Crippen LogP contribution in [0.5, 0.6) is 0 Å². The molecule has 2 heterocycles. The Hall–Kier alpha value is -1.50. The Morgan fingerprint density at radius 2 is 1.96 bits per heavy atom. The number of carbonyl (C=O) groups excluding carboxylic acids is 1. The molecule has 2 aliphatic heterocycles. The summed E-state index contributed by atoms with van der Waals surface area (Å²) < 4.78 is 19.7. The third-order valence-corrected chi connectivity index (χ3v) is 5.72. The quantitative estimate of drug-likeness (QED) is 0.747. The van der Waals surface area contributed by atoms with Crippen LogP contribution in [0.15, 0.2) is 24.3 Å². The first-order valence-corrected chi connectivity index (χ1v) is 10.5. The fraction of sp³-hybridized carbons (Fsp3) is 0.682. The van der Waals surface area contributed by atoms with Crippen molar-refractivity contribution in [3.8, 4) is 0 Å². The molecule has 0 bridgehead atoms. The third kappa shape index (κ3) is 6.00. The molecule has 0 unspecified atom stereocenters. The summed E-state index contributed by atoms with van der Waals surface area (Å²) >= 11 is 0. The first-order valence-electron chi connectivity index (χ1n) is 10.5. The van der Waals surface area contributed by atoms with Crippen LogP contribution in [0.1, 0.15) is 32.3 Å². The highest BCUT2D eigenvalue weighted by atomic mass is 19.1. The number of nitrogens with zero attached hydrogens (tertiary/aromatic N) is 3. The van der Waals surface area contributed by atoms with Crippen molar-refractivity contribution in [3.05, 3.63) is 35.6 Å². The maximum Gasteiger partial charge on any atom is 0.236 e. The monoisotopic (exact) mass is 391 g/mol. The van der Waals surface area contributed by atoms with Crippen LogP contribution in [0.25, 0.3) is 0 Å². The van der Waals surface area contributed by atoms with Crippen LogP contribution >= 0.6 is 0 Å². The van der Waals surface area contributed by atoms with Gasteiger partial charge in [-0.2, -0.15) is 0 Å². The van der Waals surface area contributed by atoms with E-state index in [4.69, 9.17) is 4.74 Å². The molecule has 0 aliphatic carbocycles. The van der Waals surface area contributed by atoms with Gasteiger partial charge in [-0.15, -0.1) is 0 Å². The number of benzene rings is 1. The van der Waals surface area contributed by atoms with Crippen molar-refractivity contribution in [2.24, 2.45) is 5.92 Å². The number of ether oxygens (including phenoxy) is 1. The van der Waals surface area contributed by atoms with Crippen LogP contribution < -0.4 is 0 Å². The molecule has 2 saturated heterocycles. The predicted molar refractivity (Wildman–Crippen MR) is 108 cm³/mol. The van der Waals surface area contributed by atoms with Crippen LogP contribution in [0.4, 0.5) is 4.39 Å². The van der Waals surface area contributed by atoms with Crippen LogP contribution in [-0.4, -0.2) is 79.1 Å². The number of likely N-dealkylation sites (tertiary alicyclic amines) is 1. The van der Waals surface area contributed by atoms with Crippen molar-refractivity contribution in [2.45, 2.75) is 45.4 Å². The van der Waals surface area contributed by atoms with Crippen molar-refractivity contribution in [3.63, 3.8) is 0 Å². The second-order valence-electron chi connectivity index (χ2n) is 8.72. The molecule has 0 aromatic heterocycles. The fourth-order valence-electron chi connectivity index (χ4n) is 4.21. The molecule has 0 radical (unpaired) electrons. The normalized spacial score (nSPS) is 23.4. The molecule has 0 spiro atoms. The van der Waals surface area contributed by atoms with Crippen molar-refractivity contribution >= 4 is 5.91 Å². The van der Waals surface area contributed by atoms with Gasteiger partial charge in [-0.05, 0) is 56.6 Å². The van der Waals surface area contributed by atoms with E-state index in [9.17, 15) is 9.18 Å². The van der Waals surface area contributed by atoms with E-state index in [0.717, 1.165) is 44.6 Å². The lowest BCUT2D eigenvalue weighted by atomic mass is 10.0. The summed E-state index contributed by atoms with van der Waals surface area (Å²) in [5.41, 5.74) is 0.830. The van der Waals surface area contributed by atoms with Crippen molar-refractivity contribution in [2.75, 3.05) is 46.3 Å². The molecule has 1 aromatic rings. The smallest absolute Gasteiger partial charge is 0.236 e. The van der Waals surface area contributed by atoms with Crippen LogP contribution in [0, 0.1) is 11.7 Å². The van der Waals surface area contributed by atoms with Gasteiger partial charge in [0.15, 0.2) is 0 Å². The topological polar surface area (TPSA) is 36.0 Å². The Labute approximate surface area is 168 Å². The zero-order valence-corrected chi connectivity index (χ0v) is 17.4. The van der Waals surface area contributed by atoms with E-state index in [2.05, 4.69) is 30.7 Å². The van der Waals surface area contributed by atoms with Crippen LogP contribution in [0.3, 0.4) is 0 Å². The summed E-state index contributed by atoms with van der Waals surface area (Å²) in [7, 11) is 2.15. The highest BCUT2D eigenvalue weighted by Gasteiger charge is 2.33. The summed E-state index contributed by atoms with van der Waals surface area (Å²) in [5, 5.41) is 0. The Morgan fingerprint density at radius 1 is 1.21 bits per heavy atom. The Balaban J connectivity index is 1.68. The molecule has 0 N–H and O–H groups in total. The predicted octanol–water partition coefficient (Wildman–Crippen LogP) is 2.61. The lowest BCUT2D eigenvalue weighted by molar-refractivity contribution is -0.132. The molecule has 28 heavy (non-hydrogen) atoms. The van der Waals surface area contributed by atoms with E-state index < -0.39 is 0 Å². The Bertz CT molecular complexity index is 646. The Kier molecular flexibility index (Phi) is 7.43. The zero-order valence-electron chi connectivity index (χ0n) is 17.4. The molecule has 2 aliphatic rings. The molecular formula is C22H34FN3O2. The number of hydrogen-bond acceptors (Lipinski definition) is 4. The van der Waals surface area contributed by atoms with Gasteiger partial charge >= 0.3 is 0 Å². The van der Waals surface area contributed by atoms with Gasteiger partial charge in [-0.25, -0.2) is 4.39 Å². The number of halogens is 1. The second-order valence-corrected chi connectivity index (χ2v) is 8.72. The number of amides is 1. The number of rotatable bonds is 6. The molecule has 2 fully saturated rings. The number of piperidine rings is 1. The van der Waals surface area contributed by atoms with Gasteiger partial charge < -0.3 is 14.5 Å². The highest BCUT2D eigenvalue weighted by Crippen LogP contribution is 2.20. The van der Waals surface area contributed by atoms with Gasteiger partial charge in [0.25, 0.3) is 0 Å². The minimum atomic E-state index is -0.244. The van der Waals surface area contributed by atoms with Crippen molar-refractivity contribution in [1.29, 1.82) is 0 Å². The molecule has 1 atom stereocenters. The summed E-state index contributed by atoms with van der Waals surface area (Å²) in [5.74, 6) is 0.374. The average Bonchev–Trinajstić information content (AvgIpc) is 2.79. The van der Waals surface area contributed by atoms with Crippen LogP contribution in [0.2, 0.25) is 0 Å². The molecule has 5 nitrogen and oxygen atoms in total. The van der Waals surface area contributed by atoms with Gasteiger partial charge in [-0.3, -0.25) is 9.69 Å². The minimum absolute atomic E-state index is 0.0619. The van der Waals surface area contributed by atoms with E-state index >= 15 is 0 Å². The largest absolute Gasteiger partial charge is 0.370 e. The van der Waals surface area contributed by atoms with Gasteiger partial charge in [0.1, 0.15) is 5.82 Å². The van der Waals surface area contributed by atoms with Crippen molar-refractivity contribution in [1.82, 2.24) is 14.7 Å². The summed E-state index contributed by atoms with van der Waals surface area (Å²) in [4.78, 5) is 19.5. The van der Waals surface area contributed by atoms with Gasteiger partial charge in [-0.1, -0.05) is 26.0 Å². The van der Waals surface area contributed by atoms with E-state index in [1.54, 1.807) is 6.07 Å². The summed E-state index contributed by atoms with van der Waals surface area (Å²) in [6.45, 7) is 9.36. The van der Waals surface area contributed by atoms with Crippen molar-refractivity contribution < 1.29 is 13.9 Å². The maximum absolute atomic E-state index is 13.5. The van der Waals surface area contributed by atoms with E-state index in [0.29, 0.717) is 31.7 Å². The van der Waals surface area contributed by atoms with Gasteiger partial charge in [0.05, 0.1) is 19.3 Å². The van der Waals surface area contributed by atoms with E-state index in [1.165, 1.54) is 12.1 Å². The van der Waals surface area contributed by atoms with Crippen LogP contribution in [-0.2, 0) is 16.1 Å². The van der Waals surface area contributed by atoms with E-state index in [-0.39, 0.29) is 17.8 Å².